The fourth-order valence-electron chi connectivity index (χ4n) is 4.70. The lowest BCUT2D eigenvalue weighted by Gasteiger charge is -2.27. The molecule has 1 heterocycles. The summed E-state index contributed by atoms with van der Waals surface area (Å²) >= 11 is 0. The van der Waals surface area contributed by atoms with E-state index in [0.29, 0.717) is 0 Å². The van der Waals surface area contributed by atoms with Crippen LogP contribution in [0.3, 0.4) is 0 Å². The van der Waals surface area contributed by atoms with Crippen LogP contribution in [0.2, 0.25) is 0 Å². The molecule has 0 fully saturated rings. The number of hydrogen-bond acceptors (Lipinski definition) is 1. The number of ether oxygens (including phenoxy) is 1. The van der Waals surface area contributed by atoms with Crippen molar-refractivity contribution in [1.82, 2.24) is 0 Å². The molecular formula is C31H22O. The summed E-state index contributed by atoms with van der Waals surface area (Å²) in [6.07, 6.45) is 0.852. The van der Waals surface area contributed by atoms with Gasteiger partial charge in [0.2, 0.25) is 0 Å². The minimum atomic E-state index is 0.852. The molecule has 0 amide bonds. The van der Waals surface area contributed by atoms with E-state index in [4.69, 9.17) is 4.74 Å². The van der Waals surface area contributed by atoms with E-state index < -0.39 is 0 Å². The van der Waals surface area contributed by atoms with Gasteiger partial charge in [0.25, 0.3) is 0 Å². The Labute approximate surface area is 188 Å². The van der Waals surface area contributed by atoms with E-state index in [-0.39, 0.29) is 0 Å². The number of benzene rings is 5. The van der Waals surface area contributed by atoms with Gasteiger partial charge in [-0.3, -0.25) is 0 Å². The summed E-state index contributed by atoms with van der Waals surface area (Å²) in [7, 11) is 0. The van der Waals surface area contributed by atoms with Crippen LogP contribution >= 0.6 is 0 Å². The Morgan fingerprint density at radius 1 is 0.469 bits per heavy atom. The van der Waals surface area contributed by atoms with Crippen LogP contribution in [0.15, 0.2) is 121 Å². The Balaban J connectivity index is 1.72. The van der Waals surface area contributed by atoms with Crippen LogP contribution in [0.5, 0.6) is 11.5 Å². The zero-order valence-electron chi connectivity index (χ0n) is 17.7. The van der Waals surface area contributed by atoms with Crippen LogP contribution in [-0.4, -0.2) is 0 Å². The van der Waals surface area contributed by atoms with Crippen LogP contribution < -0.4 is 4.74 Å². The summed E-state index contributed by atoms with van der Waals surface area (Å²) in [6, 6.07) is 42.6. The summed E-state index contributed by atoms with van der Waals surface area (Å²) in [6.45, 7) is 0. The van der Waals surface area contributed by atoms with Crippen molar-refractivity contribution in [2.75, 3.05) is 0 Å². The topological polar surface area (TPSA) is 9.23 Å². The zero-order chi connectivity index (χ0) is 21.3. The quantitative estimate of drug-likeness (QED) is 0.285. The Bertz CT molecular complexity index is 1390. The summed E-state index contributed by atoms with van der Waals surface area (Å²) in [5.74, 6) is 1.89. The fraction of sp³-hybridized carbons (Fsp3) is 0.0323. The van der Waals surface area contributed by atoms with E-state index in [1.165, 1.54) is 44.5 Å². The number of para-hydroxylation sites is 1. The Kier molecular flexibility index (Phi) is 4.58. The molecule has 32 heavy (non-hydrogen) atoms. The van der Waals surface area contributed by atoms with Crippen LogP contribution in [-0.2, 0) is 6.42 Å². The SMILES string of the molecule is c1ccc(-c2cc3c(c(-c4ccccc4)c2-c2ccccc2)Cc2ccccc2O3)cc1. The third-order valence-corrected chi connectivity index (χ3v) is 6.16. The van der Waals surface area contributed by atoms with Crippen molar-refractivity contribution in [3.63, 3.8) is 0 Å². The molecule has 1 aliphatic heterocycles. The first-order valence-electron chi connectivity index (χ1n) is 11.0. The summed E-state index contributed by atoms with van der Waals surface area (Å²) in [5, 5.41) is 0. The molecule has 0 N–H and O–H groups in total. The molecule has 5 aromatic carbocycles. The van der Waals surface area contributed by atoms with Crippen molar-refractivity contribution >= 4 is 0 Å². The molecule has 1 heteroatoms. The maximum Gasteiger partial charge on any atom is 0.132 e. The van der Waals surface area contributed by atoms with Gasteiger partial charge in [-0.1, -0.05) is 109 Å². The first kappa shape index (κ1) is 18.7. The predicted molar refractivity (Wildman–Crippen MR) is 132 cm³/mol. The molecule has 0 radical (unpaired) electrons. The molecule has 6 rings (SSSR count). The first-order valence-corrected chi connectivity index (χ1v) is 11.0. The highest BCUT2D eigenvalue weighted by molar-refractivity contribution is 5.98. The minimum Gasteiger partial charge on any atom is -0.457 e. The van der Waals surface area contributed by atoms with E-state index in [2.05, 4.69) is 115 Å². The fourth-order valence-corrected chi connectivity index (χ4v) is 4.70. The normalized spacial score (nSPS) is 11.9. The highest BCUT2D eigenvalue weighted by Gasteiger charge is 2.26. The number of hydrogen-bond donors (Lipinski definition) is 0. The standard InChI is InChI=1S/C31H22O/c1-4-12-22(13-5-1)26-21-29-27(20-25-18-10-11-19-28(25)32-29)31(24-16-8-3-9-17-24)30(26)23-14-6-2-7-15-23/h1-19,21H,20H2. The van der Waals surface area contributed by atoms with Gasteiger partial charge in [0.15, 0.2) is 0 Å². The second-order valence-corrected chi connectivity index (χ2v) is 8.14. The van der Waals surface area contributed by atoms with Gasteiger partial charge in [0.1, 0.15) is 11.5 Å². The molecule has 0 atom stereocenters. The molecule has 0 spiro atoms. The van der Waals surface area contributed by atoms with Crippen LogP contribution in [0.1, 0.15) is 11.1 Å². The molecule has 1 aliphatic rings. The van der Waals surface area contributed by atoms with Crippen LogP contribution in [0.25, 0.3) is 33.4 Å². The van der Waals surface area contributed by atoms with Crippen molar-refractivity contribution in [2.24, 2.45) is 0 Å². The van der Waals surface area contributed by atoms with Crippen molar-refractivity contribution in [1.29, 1.82) is 0 Å². The Hall–Kier alpha value is -4.10. The highest BCUT2D eigenvalue weighted by Crippen LogP contribution is 2.49. The Morgan fingerprint density at radius 2 is 1.00 bits per heavy atom. The van der Waals surface area contributed by atoms with Gasteiger partial charge in [-0.2, -0.15) is 0 Å². The maximum atomic E-state index is 6.49. The molecule has 5 aromatic rings. The smallest absolute Gasteiger partial charge is 0.132 e. The second kappa shape index (κ2) is 7.86. The van der Waals surface area contributed by atoms with Gasteiger partial charge in [-0.15, -0.1) is 0 Å². The summed E-state index contributed by atoms with van der Waals surface area (Å²) in [4.78, 5) is 0. The molecule has 0 saturated carbocycles. The monoisotopic (exact) mass is 410 g/mol. The lowest BCUT2D eigenvalue weighted by Crippen LogP contribution is -2.07. The van der Waals surface area contributed by atoms with Crippen LogP contribution in [0, 0.1) is 0 Å². The molecule has 0 aliphatic carbocycles. The van der Waals surface area contributed by atoms with E-state index in [1.807, 2.05) is 6.07 Å². The van der Waals surface area contributed by atoms with Gasteiger partial charge in [-0.25, -0.2) is 0 Å². The number of fused-ring (bicyclic) bond motifs is 2. The van der Waals surface area contributed by atoms with E-state index in [0.717, 1.165) is 17.9 Å². The van der Waals surface area contributed by atoms with Crippen LogP contribution in [0.4, 0.5) is 0 Å². The van der Waals surface area contributed by atoms with Gasteiger partial charge >= 0.3 is 0 Å². The second-order valence-electron chi connectivity index (χ2n) is 8.14. The van der Waals surface area contributed by atoms with E-state index in [9.17, 15) is 0 Å². The third-order valence-electron chi connectivity index (χ3n) is 6.16. The van der Waals surface area contributed by atoms with Crippen molar-refractivity contribution < 1.29 is 4.74 Å². The molecule has 0 unspecified atom stereocenters. The minimum absolute atomic E-state index is 0.852. The van der Waals surface area contributed by atoms with Gasteiger partial charge in [-0.05, 0) is 51.1 Å². The molecule has 0 aromatic heterocycles. The molecule has 152 valence electrons. The number of rotatable bonds is 3. The highest BCUT2D eigenvalue weighted by atomic mass is 16.5. The largest absolute Gasteiger partial charge is 0.457 e. The Morgan fingerprint density at radius 3 is 1.66 bits per heavy atom. The average molecular weight is 411 g/mol. The molecule has 0 saturated heterocycles. The molecule has 1 nitrogen and oxygen atoms in total. The first-order chi connectivity index (χ1) is 15.9. The summed E-state index contributed by atoms with van der Waals surface area (Å²) in [5.41, 5.74) is 9.78. The van der Waals surface area contributed by atoms with Gasteiger partial charge in [0, 0.05) is 12.0 Å². The van der Waals surface area contributed by atoms with Crippen molar-refractivity contribution in [3.05, 3.63) is 132 Å². The zero-order valence-corrected chi connectivity index (χ0v) is 17.7. The molecule has 0 bridgehead atoms. The van der Waals surface area contributed by atoms with Gasteiger partial charge in [0.05, 0.1) is 0 Å². The summed E-state index contributed by atoms with van der Waals surface area (Å²) < 4.78 is 6.49. The lowest BCUT2D eigenvalue weighted by molar-refractivity contribution is 0.461. The van der Waals surface area contributed by atoms with E-state index in [1.54, 1.807) is 0 Å². The molecular weight excluding hydrogens is 388 g/mol. The van der Waals surface area contributed by atoms with Gasteiger partial charge < -0.3 is 4.74 Å². The predicted octanol–water partition coefficient (Wildman–Crippen LogP) is 8.38. The maximum absolute atomic E-state index is 6.49. The lowest BCUT2D eigenvalue weighted by atomic mass is 9.82. The average Bonchev–Trinajstić information content (AvgIpc) is 2.88. The third kappa shape index (κ3) is 3.19. The van der Waals surface area contributed by atoms with Crippen molar-refractivity contribution in [3.8, 4) is 44.9 Å². The van der Waals surface area contributed by atoms with Crippen molar-refractivity contribution in [2.45, 2.75) is 6.42 Å². The van der Waals surface area contributed by atoms with E-state index >= 15 is 0 Å².